The van der Waals surface area contributed by atoms with Gasteiger partial charge < -0.3 is 4.74 Å². The van der Waals surface area contributed by atoms with Crippen molar-refractivity contribution in [3.05, 3.63) is 24.0 Å². The maximum atomic E-state index is 12.2. The van der Waals surface area contributed by atoms with Gasteiger partial charge in [-0.15, -0.1) is 0 Å². The summed E-state index contributed by atoms with van der Waals surface area (Å²) in [6, 6.07) is 1.80. The lowest BCUT2D eigenvalue weighted by Gasteiger charge is -2.19. The lowest BCUT2D eigenvalue weighted by Crippen LogP contribution is -2.21. The molecule has 0 amide bonds. The number of hydrogen-bond donors (Lipinski definition) is 0. The summed E-state index contributed by atoms with van der Waals surface area (Å²) in [4.78, 5) is 16.3. The molecule has 1 aromatic rings. The SMILES string of the molecule is CCOc1cncc(C(=O)C2CCCCS2)c1. The molecule has 0 spiro atoms. The van der Waals surface area contributed by atoms with Crippen LogP contribution in [-0.2, 0) is 0 Å². The van der Waals surface area contributed by atoms with Gasteiger partial charge in [0.2, 0.25) is 0 Å². The highest BCUT2D eigenvalue weighted by atomic mass is 32.2. The molecule has 1 unspecified atom stereocenters. The van der Waals surface area contributed by atoms with Crippen molar-refractivity contribution in [2.24, 2.45) is 0 Å². The smallest absolute Gasteiger partial charge is 0.177 e. The first kappa shape index (κ1) is 12.4. The fourth-order valence-corrected chi connectivity index (χ4v) is 3.21. The largest absolute Gasteiger partial charge is 0.492 e. The number of aromatic nitrogens is 1. The maximum Gasteiger partial charge on any atom is 0.177 e. The third-order valence-corrected chi connectivity index (χ3v) is 4.16. The van der Waals surface area contributed by atoms with E-state index < -0.39 is 0 Å². The molecule has 0 bridgehead atoms. The van der Waals surface area contributed by atoms with Crippen LogP contribution in [0.15, 0.2) is 18.5 Å². The zero-order chi connectivity index (χ0) is 12.1. The van der Waals surface area contributed by atoms with Crippen molar-refractivity contribution in [1.29, 1.82) is 0 Å². The van der Waals surface area contributed by atoms with Crippen molar-refractivity contribution in [1.82, 2.24) is 4.98 Å². The molecule has 0 aromatic carbocycles. The summed E-state index contributed by atoms with van der Waals surface area (Å²) in [7, 11) is 0. The first-order valence-electron chi connectivity index (χ1n) is 6.05. The molecular weight excluding hydrogens is 234 g/mol. The number of rotatable bonds is 4. The van der Waals surface area contributed by atoms with Gasteiger partial charge in [-0.3, -0.25) is 9.78 Å². The van der Waals surface area contributed by atoms with E-state index in [-0.39, 0.29) is 11.0 Å². The van der Waals surface area contributed by atoms with E-state index in [0.29, 0.717) is 17.9 Å². The van der Waals surface area contributed by atoms with E-state index in [1.54, 1.807) is 30.2 Å². The highest BCUT2D eigenvalue weighted by Gasteiger charge is 2.23. The van der Waals surface area contributed by atoms with Crippen molar-refractivity contribution in [3.8, 4) is 5.75 Å². The molecule has 3 nitrogen and oxygen atoms in total. The summed E-state index contributed by atoms with van der Waals surface area (Å²) < 4.78 is 5.36. The van der Waals surface area contributed by atoms with Crippen molar-refractivity contribution in [2.45, 2.75) is 31.4 Å². The number of pyridine rings is 1. The van der Waals surface area contributed by atoms with Crippen LogP contribution in [0.1, 0.15) is 36.5 Å². The molecule has 2 heterocycles. The number of Topliss-reactive ketones (excluding diaryl/α,β-unsaturated/α-hetero) is 1. The first-order valence-corrected chi connectivity index (χ1v) is 7.10. The molecule has 17 heavy (non-hydrogen) atoms. The lowest BCUT2D eigenvalue weighted by molar-refractivity contribution is 0.0984. The van der Waals surface area contributed by atoms with Crippen LogP contribution in [0.3, 0.4) is 0 Å². The van der Waals surface area contributed by atoms with Crippen LogP contribution in [-0.4, -0.2) is 28.4 Å². The molecule has 1 saturated heterocycles. The number of ketones is 1. The Morgan fingerprint density at radius 2 is 2.41 bits per heavy atom. The summed E-state index contributed by atoms with van der Waals surface area (Å²) in [6.07, 6.45) is 6.66. The van der Waals surface area contributed by atoms with Gasteiger partial charge in [0, 0.05) is 11.8 Å². The molecule has 92 valence electrons. The average Bonchev–Trinajstić information content (AvgIpc) is 2.40. The van der Waals surface area contributed by atoms with Gasteiger partial charge in [0.1, 0.15) is 5.75 Å². The Hall–Kier alpha value is -1.03. The highest BCUT2D eigenvalue weighted by molar-refractivity contribution is 8.00. The monoisotopic (exact) mass is 251 g/mol. The second kappa shape index (κ2) is 6.05. The third-order valence-electron chi connectivity index (χ3n) is 2.78. The predicted octanol–water partition coefficient (Wildman–Crippen LogP) is 2.95. The van der Waals surface area contributed by atoms with Gasteiger partial charge in [-0.2, -0.15) is 11.8 Å². The number of carbonyl (C=O) groups excluding carboxylic acids is 1. The number of ether oxygens (including phenoxy) is 1. The quantitative estimate of drug-likeness (QED) is 0.771. The summed E-state index contributed by atoms with van der Waals surface area (Å²) in [5.74, 6) is 1.97. The predicted molar refractivity (Wildman–Crippen MR) is 69.8 cm³/mol. The van der Waals surface area contributed by atoms with E-state index in [1.807, 2.05) is 6.92 Å². The molecule has 1 aliphatic heterocycles. The first-order chi connectivity index (χ1) is 8.31. The molecular formula is C13H17NO2S. The van der Waals surface area contributed by atoms with Gasteiger partial charge in [-0.25, -0.2) is 0 Å². The Balaban J connectivity index is 2.09. The molecule has 0 aliphatic carbocycles. The number of carbonyl (C=O) groups is 1. The zero-order valence-corrected chi connectivity index (χ0v) is 10.8. The molecule has 1 aromatic heterocycles. The average molecular weight is 251 g/mol. The minimum atomic E-state index is 0.113. The second-order valence-corrected chi connectivity index (χ2v) is 5.37. The number of thioether (sulfide) groups is 1. The summed E-state index contributed by atoms with van der Waals surface area (Å²) in [5.41, 5.74) is 0.676. The standard InChI is InChI=1S/C13H17NO2S/c1-2-16-11-7-10(8-14-9-11)13(15)12-5-3-4-6-17-12/h7-9,12H,2-6H2,1H3. The zero-order valence-electron chi connectivity index (χ0n) is 10.0. The van der Waals surface area contributed by atoms with Gasteiger partial charge >= 0.3 is 0 Å². The van der Waals surface area contributed by atoms with E-state index >= 15 is 0 Å². The molecule has 4 heteroatoms. The molecule has 1 atom stereocenters. The topological polar surface area (TPSA) is 39.2 Å². The fraction of sp³-hybridized carbons (Fsp3) is 0.538. The van der Waals surface area contributed by atoms with E-state index in [1.165, 1.54) is 6.42 Å². The highest BCUT2D eigenvalue weighted by Crippen LogP contribution is 2.28. The van der Waals surface area contributed by atoms with Crippen molar-refractivity contribution >= 4 is 17.5 Å². The maximum absolute atomic E-state index is 12.2. The van der Waals surface area contributed by atoms with Crippen LogP contribution in [0.4, 0.5) is 0 Å². The minimum absolute atomic E-state index is 0.113. The van der Waals surface area contributed by atoms with Crippen molar-refractivity contribution in [2.75, 3.05) is 12.4 Å². The Labute approximate surface area is 106 Å². The molecule has 1 fully saturated rings. The van der Waals surface area contributed by atoms with Gasteiger partial charge in [0.05, 0.1) is 18.1 Å². The third kappa shape index (κ3) is 3.22. The Morgan fingerprint density at radius 3 is 3.12 bits per heavy atom. The van der Waals surface area contributed by atoms with E-state index in [0.717, 1.165) is 18.6 Å². The lowest BCUT2D eigenvalue weighted by atomic mass is 10.1. The van der Waals surface area contributed by atoms with Crippen LogP contribution in [0.25, 0.3) is 0 Å². The molecule has 2 rings (SSSR count). The second-order valence-electron chi connectivity index (χ2n) is 4.06. The number of hydrogen-bond acceptors (Lipinski definition) is 4. The van der Waals surface area contributed by atoms with E-state index in [9.17, 15) is 4.79 Å². The van der Waals surface area contributed by atoms with Gasteiger partial charge in [-0.1, -0.05) is 6.42 Å². The fourth-order valence-electron chi connectivity index (χ4n) is 1.93. The Bertz CT molecular complexity index is 389. The molecule has 0 radical (unpaired) electrons. The van der Waals surface area contributed by atoms with E-state index in [4.69, 9.17) is 4.74 Å². The van der Waals surface area contributed by atoms with Gasteiger partial charge in [0.15, 0.2) is 5.78 Å². The van der Waals surface area contributed by atoms with Crippen molar-refractivity contribution < 1.29 is 9.53 Å². The Morgan fingerprint density at radius 1 is 1.53 bits per heavy atom. The minimum Gasteiger partial charge on any atom is -0.492 e. The van der Waals surface area contributed by atoms with Gasteiger partial charge in [0.25, 0.3) is 0 Å². The van der Waals surface area contributed by atoms with Gasteiger partial charge in [-0.05, 0) is 31.6 Å². The normalized spacial score (nSPS) is 19.9. The molecule has 0 saturated carbocycles. The van der Waals surface area contributed by atoms with E-state index in [2.05, 4.69) is 4.98 Å². The summed E-state index contributed by atoms with van der Waals surface area (Å²) in [6.45, 7) is 2.52. The van der Waals surface area contributed by atoms with Crippen LogP contribution in [0.2, 0.25) is 0 Å². The Kier molecular flexibility index (Phi) is 4.42. The molecule has 0 N–H and O–H groups in total. The van der Waals surface area contributed by atoms with Crippen LogP contribution in [0, 0.1) is 0 Å². The molecule has 1 aliphatic rings. The summed E-state index contributed by atoms with van der Waals surface area (Å²) >= 11 is 1.77. The van der Waals surface area contributed by atoms with Crippen LogP contribution >= 0.6 is 11.8 Å². The van der Waals surface area contributed by atoms with Crippen LogP contribution < -0.4 is 4.74 Å². The summed E-state index contributed by atoms with van der Waals surface area (Å²) in [5, 5.41) is 0.113. The number of nitrogens with zero attached hydrogens (tertiary/aromatic N) is 1. The van der Waals surface area contributed by atoms with Crippen LogP contribution in [0.5, 0.6) is 5.75 Å². The van der Waals surface area contributed by atoms with Crippen molar-refractivity contribution in [3.63, 3.8) is 0 Å².